The van der Waals surface area contributed by atoms with Crippen LogP contribution in [0.2, 0.25) is 0 Å². The normalized spacial score (nSPS) is 12.7. The average molecular weight is 330 g/mol. The number of rotatable bonds is 6. The third kappa shape index (κ3) is 3.76. The molecule has 7 nitrogen and oxygen atoms in total. The van der Waals surface area contributed by atoms with Crippen molar-refractivity contribution in [2.24, 2.45) is 5.92 Å². The molecule has 8 heteroatoms. The summed E-state index contributed by atoms with van der Waals surface area (Å²) in [5.74, 6) is 1.63. The molecule has 0 aliphatic rings. The first-order valence-corrected chi connectivity index (χ1v) is 8.33. The first-order valence-electron chi connectivity index (χ1n) is 7.45. The van der Waals surface area contributed by atoms with E-state index in [1.54, 1.807) is 0 Å². The number of tetrazole rings is 1. The zero-order valence-corrected chi connectivity index (χ0v) is 14.1. The van der Waals surface area contributed by atoms with Gasteiger partial charge in [0.1, 0.15) is 0 Å². The molecule has 1 atom stereocenters. The standard InChI is InChI=1S/C15H18N6OS/c1-10(2)9-21-15(17-19-20-21)23-11(3)13-16-14(22-18-13)12-7-5-4-6-8-12/h4-8,10-11H,9H2,1-3H3/t11-/m0/s1. The lowest BCUT2D eigenvalue weighted by Gasteiger charge is -2.08. The number of thioether (sulfide) groups is 1. The van der Waals surface area contributed by atoms with Crippen molar-refractivity contribution in [3.8, 4) is 11.5 Å². The maximum atomic E-state index is 5.35. The first kappa shape index (κ1) is 15.7. The molecule has 1 aromatic carbocycles. The molecule has 0 fully saturated rings. The molecule has 3 aromatic rings. The van der Waals surface area contributed by atoms with Gasteiger partial charge >= 0.3 is 0 Å². The largest absolute Gasteiger partial charge is 0.334 e. The van der Waals surface area contributed by atoms with E-state index in [9.17, 15) is 0 Å². The van der Waals surface area contributed by atoms with Crippen molar-refractivity contribution in [2.45, 2.75) is 37.7 Å². The SMILES string of the molecule is CC(C)Cn1nnnc1S[C@@H](C)c1noc(-c2ccccc2)n1. The lowest BCUT2D eigenvalue weighted by Crippen LogP contribution is -2.08. The zero-order valence-electron chi connectivity index (χ0n) is 13.2. The van der Waals surface area contributed by atoms with Gasteiger partial charge in [-0.25, -0.2) is 4.68 Å². The van der Waals surface area contributed by atoms with Crippen LogP contribution in [-0.2, 0) is 6.54 Å². The summed E-state index contributed by atoms with van der Waals surface area (Å²) >= 11 is 1.52. The second kappa shape index (κ2) is 6.91. The van der Waals surface area contributed by atoms with E-state index >= 15 is 0 Å². The highest BCUT2D eigenvalue weighted by molar-refractivity contribution is 7.99. The molecular formula is C15H18N6OS. The second-order valence-electron chi connectivity index (χ2n) is 5.62. The lowest BCUT2D eigenvalue weighted by molar-refractivity contribution is 0.422. The molecular weight excluding hydrogens is 312 g/mol. The maximum absolute atomic E-state index is 5.35. The van der Waals surface area contributed by atoms with Gasteiger partial charge in [0.2, 0.25) is 5.16 Å². The summed E-state index contributed by atoms with van der Waals surface area (Å²) in [6.45, 7) is 7.05. The second-order valence-corrected chi connectivity index (χ2v) is 6.93. The Balaban J connectivity index is 1.73. The Labute approximate surface area is 138 Å². The summed E-state index contributed by atoms with van der Waals surface area (Å²) in [5.41, 5.74) is 0.910. The molecule has 2 aromatic heterocycles. The van der Waals surface area contributed by atoms with Crippen molar-refractivity contribution in [1.82, 2.24) is 30.3 Å². The minimum atomic E-state index is -0.00637. The lowest BCUT2D eigenvalue weighted by atomic mass is 10.2. The Morgan fingerprint density at radius 3 is 2.70 bits per heavy atom. The van der Waals surface area contributed by atoms with Crippen molar-refractivity contribution in [3.63, 3.8) is 0 Å². The van der Waals surface area contributed by atoms with Crippen molar-refractivity contribution < 1.29 is 4.52 Å². The van der Waals surface area contributed by atoms with Crippen LogP contribution in [-0.4, -0.2) is 30.3 Å². The number of hydrogen-bond donors (Lipinski definition) is 0. The van der Waals surface area contributed by atoms with Crippen molar-refractivity contribution >= 4 is 11.8 Å². The molecule has 0 spiro atoms. The summed E-state index contributed by atoms with van der Waals surface area (Å²) < 4.78 is 7.16. The Kier molecular flexibility index (Phi) is 4.71. The topological polar surface area (TPSA) is 82.5 Å². The van der Waals surface area contributed by atoms with Crippen LogP contribution in [0, 0.1) is 5.92 Å². The Bertz CT molecular complexity index is 754. The molecule has 120 valence electrons. The molecule has 0 saturated heterocycles. The molecule has 0 aliphatic heterocycles. The molecule has 2 heterocycles. The van der Waals surface area contributed by atoms with E-state index in [1.807, 2.05) is 41.9 Å². The summed E-state index contributed by atoms with van der Waals surface area (Å²) in [5, 5.41) is 16.7. The quantitative estimate of drug-likeness (QED) is 0.642. The van der Waals surface area contributed by atoms with Gasteiger partial charge in [0.05, 0.1) is 5.25 Å². The van der Waals surface area contributed by atoms with Crippen molar-refractivity contribution in [3.05, 3.63) is 36.2 Å². The number of nitrogens with zero attached hydrogens (tertiary/aromatic N) is 6. The van der Waals surface area contributed by atoms with Crippen LogP contribution in [0.3, 0.4) is 0 Å². The van der Waals surface area contributed by atoms with Crippen LogP contribution < -0.4 is 0 Å². The van der Waals surface area contributed by atoms with Gasteiger partial charge < -0.3 is 4.52 Å². The van der Waals surface area contributed by atoms with Crippen LogP contribution in [0.25, 0.3) is 11.5 Å². The van der Waals surface area contributed by atoms with Crippen LogP contribution in [0.1, 0.15) is 31.8 Å². The zero-order chi connectivity index (χ0) is 16.2. The van der Waals surface area contributed by atoms with Gasteiger partial charge in [-0.15, -0.1) is 5.10 Å². The van der Waals surface area contributed by atoms with E-state index in [0.29, 0.717) is 17.6 Å². The van der Waals surface area contributed by atoms with Crippen molar-refractivity contribution in [2.75, 3.05) is 0 Å². The summed E-state index contributed by atoms with van der Waals surface area (Å²) in [6.07, 6.45) is 0. The molecule has 23 heavy (non-hydrogen) atoms. The van der Waals surface area contributed by atoms with Crippen LogP contribution in [0.15, 0.2) is 40.0 Å². The monoisotopic (exact) mass is 330 g/mol. The third-order valence-corrected chi connectivity index (χ3v) is 4.21. The Hall–Kier alpha value is -2.22. The van der Waals surface area contributed by atoms with Crippen LogP contribution in [0.4, 0.5) is 0 Å². The predicted molar refractivity (Wildman–Crippen MR) is 86.7 cm³/mol. The van der Waals surface area contributed by atoms with E-state index in [-0.39, 0.29) is 5.25 Å². The highest BCUT2D eigenvalue weighted by atomic mass is 32.2. The van der Waals surface area contributed by atoms with Gasteiger partial charge in [-0.3, -0.25) is 0 Å². The first-order chi connectivity index (χ1) is 11.1. The maximum Gasteiger partial charge on any atom is 0.257 e. The van der Waals surface area contributed by atoms with E-state index < -0.39 is 0 Å². The predicted octanol–water partition coefficient (Wildman–Crippen LogP) is 3.23. The molecule has 0 N–H and O–H groups in total. The van der Waals surface area contributed by atoms with Gasteiger partial charge in [0.15, 0.2) is 5.82 Å². The molecule has 0 bridgehead atoms. The van der Waals surface area contributed by atoms with Gasteiger partial charge in [-0.1, -0.05) is 49.0 Å². The summed E-state index contributed by atoms with van der Waals surface area (Å²) in [4.78, 5) is 4.48. The highest BCUT2D eigenvalue weighted by Gasteiger charge is 2.19. The molecule has 0 amide bonds. The smallest absolute Gasteiger partial charge is 0.257 e. The van der Waals surface area contributed by atoms with Gasteiger partial charge in [-0.05, 0) is 35.4 Å². The van der Waals surface area contributed by atoms with E-state index in [4.69, 9.17) is 4.52 Å². The number of aromatic nitrogens is 6. The van der Waals surface area contributed by atoms with Crippen LogP contribution >= 0.6 is 11.8 Å². The average Bonchev–Trinajstić information content (AvgIpc) is 3.18. The highest BCUT2D eigenvalue weighted by Crippen LogP contribution is 2.32. The Morgan fingerprint density at radius 2 is 1.96 bits per heavy atom. The Morgan fingerprint density at radius 1 is 1.17 bits per heavy atom. The number of hydrogen-bond acceptors (Lipinski definition) is 7. The van der Waals surface area contributed by atoms with E-state index in [1.165, 1.54) is 11.8 Å². The van der Waals surface area contributed by atoms with Gasteiger partial charge in [0.25, 0.3) is 5.89 Å². The fraction of sp³-hybridized carbons (Fsp3) is 0.400. The fourth-order valence-electron chi connectivity index (χ4n) is 2.05. The van der Waals surface area contributed by atoms with Gasteiger partial charge in [0, 0.05) is 12.1 Å². The summed E-state index contributed by atoms with van der Waals surface area (Å²) in [6, 6.07) is 9.72. The van der Waals surface area contributed by atoms with E-state index in [0.717, 1.165) is 17.3 Å². The molecule has 0 saturated carbocycles. The summed E-state index contributed by atoms with van der Waals surface area (Å²) in [7, 11) is 0. The molecule has 3 rings (SSSR count). The van der Waals surface area contributed by atoms with Crippen LogP contribution in [0.5, 0.6) is 0 Å². The minimum absolute atomic E-state index is 0.00637. The van der Waals surface area contributed by atoms with Gasteiger partial charge in [-0.2, -0.15) is 4.98 Å². The minimum Gasteiger partial charge on any atom is -0.334 e. The third-order valence-electron chi connectivity index (χ3n) is 3.15. The molecule has 0 radical (unpaired) electrons. The fourth-order valence-corrected chi connectivity index (χ4v) is 2.88. The number of benzene rings is 1. The molecule has 0 aliphatic carbocycles. The molecule has 0 unspecified atom stereocenters. The van der Waals surface area contributed by atoms with Crippen molar-refractivity contribution in [1.29, 1.82) is 0 Å². The van der Waals surface area contributed by atoms with E-state index in [2.05, 4.69) is 39.5 Å².